The number of fused-ring (bicyclic) bond motifs is 2. The van der Waals surface area contributed by atoms with Gasteiger partial charge in [0.2, 0.25) is 5.89 Å². The summed E-state index contributed by atoms with van der Waals surface area (Å²) in [5.74, 6) is 0.259. The Labute approximate surface area is 172 Å². The number of amides is 1. The van der Waals surface area contributed by atoms with Gasteiger partial charge in [0.15, 0.2) is 5.69 Å². The van der Waals surface area contributed by atoms with Gasteiger partial charge in [0.25, 0.3) is 5.91 Å². The molecule has 0 radical (unpaired) electrons. The van der Waals surface area contributed by atoms with Gasteiger partial charge in [-0.2, -0.15) is 0 Å². The maximum Gasteiger partial charge on any atom is 0.275 e. The molecule has 7 nitrogen and oxygen atoms in total. The number of carbonyl (C=O) groups excluding carboxylic acids is 1. The Morgan fingerprint density at radius 3 is 2.87 bits per heavy atom. The molecule has 0 saturated heterocycles. The molecule has 0 atom stereocenters. The highest BCUT2D eigenvalue weighted by Crippen LogP contribution is 2.19. The van der Waals surface area contributed by atoms with E-state index in [1.165, 1.54) is 6.26 Å². The number of benzene rings is 2. The topological polar surface area (TPSA) is 77.0 Å². The third-order valence-electron chi connectivity index (χ3n) is 5.07. The summed E-state index contributed by atoms with van der Waals surface area (Å²) < 4.78 is 7.50. The van der Waals surface area contributed by atoms with Crippen LogP contribution in [0.1, 0.15) is 21.9 Å². The highest BCUT2D eigenvalue weighted by atomic mass is 16.3. The third kappa shape index (κ3) is 3.30. The molecule has 5 rings (SSSR count). The number of rotatable bonds is 5. The summed E-state index contributed by atoms with van der Waals surface area (Å²) in [5, 5.41) is 1.05. The molecule has 30 heavy (non-hydrogen) atoms. The predicted molar refractivity (Wildman–Crippen MR) is 113 cm³/mol. The Morgan fingerprint density at radius 1 is 1.07 bits per heavy atom. The summed E-state index contributed by atoms with van der Waals surface area (Å²) in [6.07, 6.45) is 4.92. The molecule has 0 N–H and O–H groups in total. The van der Waals surface area contributed by atoms with Crippen molar-refractivity contribution in [3.63, 3.8) is 0 Å². The van der Waals surface area contributed by atoms with E-state index >= 15 is 0 Å². The number of hydrogen-bond donors (Lipinski definition) is 0. The zero-order valence-electron chi connectivity index (χ0n) is 16.4. The van der Waals surface area contributed by atoms with Crippen molar-refractivity contribution in [1.29, 1.82) is 0 Å². The van der Waals surface area contributed by atoms with Crippen LogP contribution in [-0.4, -0.2) is 37.4 Å². The Balaban J connectivity index is 1.33. The fourth-order valence-electron chi connectivity index (χ4n) is 3.58. The number of oxazole rings is 1. The second-order valence-electron chi connectivity index (χ2n) is 7.14. The van der Waals surface area contributed by atoms with E-state index in [9.17, 15) is 4.79 Å². The van der Waals surface area contributed by atoms with E-state index in [4.69, 9.17) is 4.42 Å². The molecule has 3 heterocycles. The lowest BCUT2D eigenvalue weighted by molar-refractivity contribution is 0.0779. The lowest BCUT2D eigenvalue weighted by Crippen LogP contribution is -2.26. The van der Waals surface area contributed by atoms with Gasteiger partial charge in [0, 0.05) is 25.2 Å². The Bertz CT molecular complexity index is 1350. The zero-order valence-corrected chi connectivity index (χ0v) is 16.4. The van der Waals surface area contributed by atoms with Gasteiger partial charge in [-0.3, -0.25) is 9.78 Å². The summed E-state index contributed by atoms with van der Waals surface area (Å²) in [4.78, 5) is 27.7. The second kappa shape index (κ2) is 7.44. The first kappa shape index (κ1) is 18.1. The molecule has 1 amide bonds. The maximum absolute atomic E-state index is 12.9. The van der Waals surface area contributed by atoms with Crippen LogP contribution in [0.3, 0.4) is 0 Å². The fraction of sp³-hybridized carbons (Fsp3) is 0.130. The lowest BCUT2D eigenvalue weighted by atomic mass is 10.1. The van der Waals surface area contributed by atoms with Crippen molar-refractivity contribution in [3.05, 3.63) is 90.5 Å². The Morgan fingerprint density at radius 2 is 1.93 bits per heavy atom. The first-order valence-corrected chi connectivity index (χ1v) is 9.61. The van der Waals surface area contributed by atoms with Gasteiger partial charge >= 0.3 is 0 Å². The highest BCUT2D eigenvalue weighted by Gasteiger charge is 2.18. The fourth-order valence-corrected chi connectivity index (χ4v) is 3.58. The van der Waals surface area contributed by atoms with E-state index in [0.717, 1.165) is 27.5 Å². The zero-order chi connectivity index (χ0) is 20.5. The number of pyridine rings is 1. The van der Waals surface area contributed by atoms with Gasteiger partial charge in [0.05, 0.1) is 22.9 Å². The molecular formula is C23H19N5O2. The number of carbonyl (C=O) groups is 1. The molecule has 0 spiro atoms. The number of imidazole rings is 1. The van der Waals surface area contributed by atoms with Crippen molar-refractivity contribution >= 4 is 27.8 Å². The molecule has 0 aliphatic rings. The largest absolute Gasteiger partial charge is 0.446 e. The molecule has 3 aromatic heterocycles. The van der Waals surface area contributed by atoms with Crippen molar-refractivity contribution < 1.29 is 9.21 Å². The first-order chi connectivity index (χ1) is 14.7. The first-order valence-electron chi connectivity index (χ1n) is 9.61. The van der Waals surface area contributed by atoms with Gasteiger partial charge in [-0.1, -0.05) is 36.4 Å². The minimum Gasteiger partial charge on any atom is -0.446 e. The number of nitrogens with zero attached hydrogens (tertiary/aromatic N) is 5. The minimum absolute atomic E-state index is 0.201. The normalized spacial score (nSPS) is 11.2. The van der Waals surface area contributed by atoms with Crippen LogP contribution < -0.4 is 0 Å². The van der Waals surface area contributed by atoms with E-state index in [-0.39, 0.29) is 11.6 Å². The monoisotopic (exact) mass is 397 g/mol. The molecule has 0 aliphatic carbocycles. The SMILES string of the molecule is CN(Cc1cccc2cccnc12)C(=O)c1coc(Cn2cnc3ccccc32)n1. The van der Waals surface area contributed by atoms with Crippen LogP contribution in [-0.2, 0) is 13.1 Å². The molecule has 2 aromatic carbocycles. The standard InChI is InChI=1S/C23H19N5O2/c1-27(12-17-7-4-6-16-8-5-11-24-22(16)17)23(29)19-14-30-21(26-19)13-28-15-25-18-9-2-3-10-20(18)28/h2-11,14-15H,12-13H2,1H3. The molecular weight excluding hydrogens is 378 g/mol. The summed E-state index contributed by atoms with van der Waals surface area (Å²) in [6.45, 7) is 0.840. The van der Waals surface area contributed by atoms with E-state index in [2.05, 4.69) is 15.0 Å². The smallest absolute Gasteiger partial charge is 0.275 e. The van der Waals surface area contributed by atoms with Gasteiger partial charge in [-0.25, -0.2) is 9.97 Å². The Hall–Kier alpha value is -4.00. The van der Waals surface area contributed by atoms with Gasteiger partial charge in [-0.15, -0.1) is 0 Å². The quantitative estimate of drug-likeness (QED) is 0.450. The number of hydrogen-bond acceptors (Lipinski definition) is 5. The third-order valence-corrected chi connectivity index (χ3v) is 5.07. The molecule has 0 fully saturated rings. The second-order valence-corrected chi connectivity index (χ2v) is 7.14. The Kier molecular flexibility index (Phi) is 4.48. The average Bonchev–Trinajstić information content (AvgIpc) is 3.41. The van der Waals surface area contributed by atoms with Crippen LogP contribution in [0.5, 0.6) is 0 Å². The van der Waals surface area contributed by atoms with E-state index in [1.54, 1.807) is 24.5 Å². The van der Waals surface area contributed by atoms with Gasteiger partial charge < -0.3 is 13.9 Å². The van der Waals surface area contributed by atoms with Crippen molar-refractivity contribution in [3.8, 4) is 0 Å². The minimum atomic E-state index is -0.201. The lowest BCUT2D eigenvalue weighted by Gasteiger charge is -2.16. The molecule has 0 unspecified atom stereocenters. The van der Waals surface area contributed by atoms with Crippen molar-refractivity contribution in [2.24, 2.45) is 0 Å². The summed E-state index contributed by atoms with van der Waals surface area (Å²) in [5.41, 5.74) is 4.06. The average molecular weight is 397 g/mol. The van der Waals surface area contributed by atoms with Crippen LogP contribution in [0.15, 0.2) is 77.8 Å². The molecule has 0 bridgehead atoms. The van der Waals surface area contributed by atoms with Crippen molar-refractivity contribution in [2.75, 3.05) is 7.05 Å². The van der Waals surface area contributed by atoms with E-state index in [0.29, 0.717) is 19.0 Å². The molecule has 5 aromatic rings. The van der Waals surface area contributed by atoms with Gasteiger partial charge in [0.1, 0.15) is 12.8 Å². The number of aromatic nitrogens is 4. The van der Waals surface area contributed by atoms with Crippen LogP contribution >= 0.6 is 0 Å². The predicted octanol–water partition coefficient (Wildman–Crippen LogP) is 3.89. The molecule has 0 aliphatic heterocycles. The maximum atomic E-state index is 12.9. The number of para-hydroxylation sites is 3. The van der Waals surface area contributed by atoms with E-state index < -0.39 is 0 Å². The highest BCUT2D eigenvalue weighted by molar-refractivity contribution is 5.92. The molecule has 148 valence electrons. The summed E-state index contributed by atoms with van der Waals surface area (Å²) >= 11 is 0. The molecule has 7 heteroatoms. The molecule has 0 saturated carbocycles. The van der Waals surface area contributed by atoms with Crippen LogP contribution in [0.25, 0.3) is 21.9 Å². The van der Waals surface area contributed by atoms with Gasteiger partial charge in [-0.05, 0) is 23.8 Å². The van der Waals surface area contributed by atoms with Crippen molar-refractivity contribution in [2.45, 2.75) is 13.1 Å². The van der Waals surface area contributed by atoms with Crippen LogP contribution in [0.4, 0.5) is 0 Å². The van der Waals surface area contributed by atoms with Crippen LogP contribution in [0.2, 0.25) is 0 Å². The summed E-state index contributed by atoms with van der Waals surface area (Å²) in [6, 6.07) is 17.7. The van der Waals surface area contributed by atoms with Crippen LogP contribution in [0, 0.1) is 0 Å². The van der Waals surface area contributed by atoms with E-state index in [1.807, 2.05) is 59.2 Å². The van der Waals surface area contributed by atoms with Crippen molar-refractivity contribution in [1.82, 2.24) is 24.4 Å². The summed E-state index contributed by atoms with van der Waals surface area (Å²) in [7, 11) is 1.75.